The summed E-state index contributed by atoms with van der Waals surface area (Å²) >= 11 is 0. The highest BCUT2D eigenvalue weighted by atomic mass is 16.5. The van der Waals surface area contributed by atoms with Gasteiger partial charge in [0.15, 0.2) is 0 Å². The quantitative estimate of drug-likeness (QED) is 0.775. The van der Waals surface area contributed by atoms with E-state index in [4.69, 9.17) is 4.74 Å². The van der Waals surface area contributed by atoms with Crippen molar-refractivity contribution in [3.63, 3.8) is 0 Å². The number of aromatic hydroxyl groups is 1. The predicted molar refractivity (Wildman–Crippen MR) is 88.4 cm³/mol. The molecule has 1 fully saturated rings. The fourth-order valence-corrected chi connectivity index (χ4v) is 2.81. The summed E-state index contributed by atoms with van der Waals surface area (Å²) in [6, 6.07) is 6.31. The molecule has 24 heavy (non-hydrogen) atoms. The summed E-state index contributed by atoms with van der Waals surface area (Å²) in [5.74, 6) is 0.311. The Morgan fingerprint density at radius 1 is 1.29 bits per heavy atom. The largest absolute Gasteiger partial charge is 0.508 e. The van der Waals surface area contributed by atoms with E-state index in [0.29, 0.717) is 26.1 Å². The van der Waals surface area contributed by atoms with E-state index in [2.05, 4.69) is 15.3 Å². The molecule has 2 aromatic rings. The Morgan fingerprint density at radius 2 is 1.96 bits per heavy atom. The molecule has 8 heteroatoms. The number of phenolic OH excluding ortho intramolecular Hbond substituents is 1. The highest BCUT2D eigenvalue weighted by molar-refractivity contribution is 5.33. The summed E-state index contributed by atoms with van der Waals surface area (Å²) in [5.41, 5.74) is -0.141. The van der Waals surface area contributed by atoms with E-state index < -0.39 is 11.4 Å². The molecule has 1 aliphatic heterocycles. The van der Waals surface area contributed by atoms with Gasteiger partial charge in [0.25, 0.3) is 0 Å². The number of hydrogen-bond acceptors (Lipinski definition) is 6. The molecule has 0 bridgehead atoms. The molecule has 0 spiro atoms. The minimum absolute atomic E-state index is 0.133. The molecule has 1 aromatic heterocycles. The summed E-state index contributed by atoms with van der Waals surface area (Å²) in [6.45, 7) is 2.94. The van der Waals surface area contributed by atoms with Crippen LogP contribution in [0.2, 0.25) is 0 Å². The molecule has 2 heterocycles. The molecule has 0 radical (unpaired) electrons. The van der Waals surface area contributed by atoms with Crippen LogP contribution in [0.25, 0.3) is 0 Å². The lowest BCUT2D eigenvalue weighted by Crippen LogP contribution is -2.42. The first-order valence-corrected chi connectivity index (χ1v) is 7.90. The number of aromatic nitrogens is 3. The molecular weight excluding hydrogens is 312 g/mol. The highest BCUT2D eigenvalue weighted by Crippen LogP contribution is 2.19. The van der Waals surface area contributed by atoms with Crippen LogP contribution in [0, 0.1) is 0 Å². The average molecular weight is 332 g/mol. The monoisotopic (exact) mass is 332 g/mol. The predicted octanol–water partition coefficient (Wildman–Crippen LogP) is 1.16. The van der Waals surface area contributed by atoms with Crippen LogP contribution in [0.3, 0.4) is 0 Å². The van der Waals surface area contributed by atoms with Gasteiger partial charge in [-0.1, -0.05) is 12.1 Å². The van der Waals surface area contributed by atoms with Crippen molar-refractivity contribution in [2.75, 3.05) is 18.5 Å². The molecule has 1 aliphatic rings. The van der Waals surface area contributed by atoms with Gasteiger partial charge in [-0.2, -0.15) is 4.98 Å². The zero-order valence-electron chi connectivity index (χ0n) is 13.4. The van der Waals surface area contributed by atoms with Crippen LogP contribution in [-0.2, 0) is 4.74 Å². The van der Waals surface area contributed by atoms with Gasteiger partial charge in [-0.05, 0) is 37.5 Å². The number of anilines is 1. The third-order valence-electron chi connectivity index (χ3n) is 4.16. The zero-order valence-corrected chi connectivity index (χ0v) is 13.4. The van der Waals surface area contributed by atoms with Crippen molar-refractivity contribution >= 4 is 5.95 Å². The van der Waals surface area contributed by atoms with Gasteiger partial charge in [0.05, 0.1) is 6.04 Å². The van der Waals surface area contributed by atoms with E-state index in [0.717, 1.165) is 5.56 Å². The Morgan fingerprint density at radius 3 is 2.58 bits per heavy atom. The number of hydrogen-bond donors (Lipinski definition) is 3. The van der Waals surface area contributed by atoms with Crippen LogP contribution in [-0.4, -0.2) is 32.9 Å². The fraction of sp³-hybridized carbons (Fsp3) is 0.438. The van der Waals surface area contributed by atoms with Gasteiger partial charge in [-0.15, -0.1) is 0 Å². The maximum absolute atomic E-state index is 12.3. The van der Waals surface area contributed by atoms with E-state index in [1.807, 2.05) is 6.92 Å². The van der Waals surface area contributed by atoms with Crippen LogP contribution in [0.1, 0.15) is 37.4 Å². The van der Waals surface area contributed by atoms with Gasteiger partial charge >= 0.3 is 11.4 Å². The number of nitrogens with one attached hydrogen (secondary N) is 2. The van der Waals surface area contributed by atoms with E-state index in [1.165, 1.54) is 4.57 Å². The first-order chi connectivity index (χ1) is 11.5. The Hall–Kier alpha value is -2.61. The SMILES string of the molecule is CC(Nc1nc(=O)n(C2CCOCC2)c(=O)[nH]1)c1ccc(O)cc1. The Kier molecular flexibility index (Phi) is 4.66. The number of benzene rings is 1. The minimum Gasteiger partial charge on any atom is -0.508 e. The van der Waals surface area contributed by atoms with Crippen LogP contribution in [0.4, 0.5) is 5.95 Å². The number of rotatable bonds is 4. The lowest BCUT2D eigenvalue weighted by atomic mass is 10.1. The van der Waals surface area contributed by atoms with Crippen molar-refractivity contribution in [3.05, 3.63) is 50.8 Å². The molecule has 3 rings (SSSR count). The standard InChI is InChI=1S/C16H20N4O4/c1-10(11-2-4-13(21)5-3-11)17-14-18-15(22)20(16(23)19-14)12-6-8-24-9-7-12/h2-5,10,12,21H,6-9H2,1H3,(H2,17,18,19,22,23). The highest BCUT2D eigenvalue weighted by Gasteiger charge is 2.20. The van der Waals surface area contributed by atoms with Crippen molar-refractivity contribution in [2.24, 2.45) is 0 Å². The second kappa shape index (κ2) is 6.88. The lowest BCUT2D eigenvalue weighted by Gasteiger charge is -2.23. The second-order valence-corrected chi connectivity index (χ2v) is 5.84. The minimum atomic E-state index is -0.564. The molecule has 3 N–H and O–H groups in total. The second-order valence-electron chi connectivity index (χ2n) is 5.84. The lowest BCUT2D eigenvalue weighted by molar-refractivity contribution is 0.0670. The van der Waals surface area contributed by atoms with E-state index in [9.17, 15) is 14.7 Å². The zero-order chi connectivity index (χ0) is 17.1. The maximum atomic E-state index is 12.3. The Balaban J connectivity index is 1.81. The summed E-state index contributed by atoms with van der Waals surface area (Å²) < 4.78 is 6.42. The van der Waals surface area contributed by atoms with Gasteiger partial charge in [0.2, 0.25) is 5.95 Å². The molecule has 0 aliphatic carbocycles. The number of H-pyrrole nitrogens is 1. The van der Waals surface area contributed by atoms with Gasteiger partial charge in [-0.25, -0.2) is 14.2 Å². The molecule has 128 valence electrons. The third-order valence-corrected chi connectivity index (χ3v) is 4.16. The molecular formula is C16H20N4O4. The number of nitrogens with zero attached hydrogens (tertiary/aromatic N) is 2. The van der Waals surface area contributed by atoms with Crippen molar-refractivity contribution < 1.29 is 9.84 Å². The van der Waals surface area contributed by atoms with E-state index in [-0.39, 0.29) is 23.8 Å². The van der Waals surface area contributed by atoms with Crippen molar-refractivity contribution in [1.82, 2.24) is 14.5 Å². The van der Waals surface area contributed by atoms with Crippen LogP contribution in [0.15, 0.2) is 33.9 Å². The van der Waals surface area contributed by atoms with Gasteiger partial charge in [0, 0.05) is 19.3 Å². The topological polar surface area (TPSA) is 109 Å². The summed E-state index contributed by atoms with van der Waals surface area (Å²) in [5, 5.41) is 12.3. The molecule has 8 nitrogen and oxygen atoms in total. The van der Waals surface area contributed by atoms with Crippen molar-refractivity contribution in [2.45, 2.75) is 31.8 Å². The van der Waals surface area contributed by atoms with Gasteiger partial charge < -0.3 is 15.2 Å². The van der Waals surface area contributed by atoms with Crippen molar-refractivity contribution in [1.29, 1.82) is 0 Å². The van der Waals surface area contributed by atoms with E-state index >= 15 is 0 Å². The number of ether oxygens (including phenoxy) is 1. The first-order valence-electron chi connectivity index (χ1n) is 7.90. The van der Waals surface area contributed by atoms with Gasteiger partial charge in [0.1, 0.15) is 5.75 Å². The molecule has 1 unspecified atom stereocenters. The van der Waals surface area contributed by atoms with Crippen molar-refractivity contribution in [3.8, 4) is 5.75 Å². The summed E-state index contributed by atoms with van der Waals surface area (Å²) in [6.07, 6.45) is 1.25. The number of phenols is 1. The van der Waals surface area contributed by atoms with Crippen LogP contribution in [0.5, 0.6) is 5.75 Å². The average Bonchev–Trinajstić information content (AvgIpc) is 2.55. The van der Waals surface area contributed by atoms with Gasteiger partial charge in [-0.3, -0.25) is 4.98 Å². The molecule has 1 aromatic carbocycles. The number of aromatic amines is 1. The first kappa shape index (κ1) is 16.3. The molecule has 1 atom stereocenters. The fourth-order valence-electron chi connectivity index (χ4n) is 2.81. The summed E-state index contributed by atoms with van der Waals surface area (Å²) in [7, 11) is 0. The normalized spacial score (nSPS) is 16.7. The third kappa shape index (κ3) is 3.48. The molecule has 0 amide bonds. The molecule has 1 saturated heterocycles. The Labute approximate surface area is 138 Å². The smallest absolute Gasteiger partial charge is 0.355 e. The van der Waals surface area contributed by atoms with Crippen LogP contribution >= 0.6 is 0 Å². The summed E-state index contributed by atoms with van der Waals surface area (Å²) in [4.78, 5) is 31.1. The molecule has 0 saturated carbocycles. The maximum Gasteiger partial charge on any atom is 0.355 e. The Bertz CT molecular complexity index is 775. The van der Waals surface area contributed by atoms with Crippen LogP contribution < -0.4 is 16.7 Å². The van der Waals surface area contributed by atoms with E-state index in [1.54, 1.807) is 24.3 Å².